The summed E-state index contributed by atoms with van der Waals surface area (Å²) in [6.07, 6.45) is 1.80. The Kier molecular flexibility index (Phi) is 6.90. The normalized spacial score (nSPS) is 15.1. The second-order valence-electron chi connectivity index (χ2n) is 5.62. The third-order valence-corrected chi connectivity index (χ3v) is 4.50. The fraction of sp³-hybridized carbons (Fsp3) is 1.00. The number of nitrogens with one attached hydrogen (secondary N) is 1. The summed E-state index contributed by atoms with van der Waals surface area (Å²) in [5.41, 5.74) is -0.199. The van der Waals surface area contributed by atoms with Gasteiger partial charge in [-0.2, -0.15) is 0 Å². The minimum atomic E-state index is -3.13. The standard InChI is InChI=1S/C11H24ClNO2S/c1-10(8-12)6-5-7-13-16(14,15)9-11(2,3)4/h10,13H,5-9H2,1-4H3. The van der Waals surface area contributed by atoms with Gasteiger partial charge in [0.15, 0.2) is 0 Å². The minimum Gasteiger partial charge on any atom is -0.215 e. The molecule has 1 N–H and O–H groups in total. The maximum Gasteiger partial charge on any atom is 0.212 e. The average molecular weight is 270 g/mol. The van der Waals surface area contributed by atoms with Crippen molar-refractivity contribution in [2.45, 2.75) is 40.5 Å². The molecule has 0 fully saturated rings. The van der Waals surface area contributed by atoms with Crippen LogP contribution in [-0.4, -0.2) is 26.6 Å². The zero-order chi connectivity index (χ0) is 12.8. The van der Waals surface area contributed by atoms with Crippen molar-refractivity contribution in [2.75, 3.05) is 18.2 Å². The maximum atomic E-state index is 11.6. The van der Waals surface area contributed by atoms with E-state index in [9.17, 15) is 8.42 Å². The number of hydrogen-bond acceptors (Lipinski definition) is 2. The Hall–Kier alpha value is 0.200. The zero-order valence-electron chi connectivity index (χ0n) is 10.7. The van der Waals surface area contributed by atoms with Gasteiger partial charge < -0.3 is 0 Å². The summed E-state index contributed by atoms with van der Waals surface area (Å²) in [5, 5.41) is 0. The lowest BCUT2D eigenvalue weighted by molar-refractivity contribution is 0.456. The first-order chi connectivity index (χ1) is 7.16. The van der Waals surface area contributed by atoms with Crippen molar-refractivity contribution < 1.29 is 8.42 Å². The van der Waals surface area contributed by atoms with Gasteiger partial charge in [0.1, 0.15) is 0 Å². The smallest absolute Gasteiger partial charge is 0.212 e. The third kappa shape index (κ3) is 9.43. The third-order valence-electron chi connectivity index (χ3n) is 2.08. The molecule has 0 aliphatic heterocycles. The molecule has 0 aromatic heterocycles. The van der Waals surface area contributed by atoms with Gasteiger partial charge in [0.2, 0.25) is 10.0 Å². The van der Waals surface area contributed by atoms with Crippen LogP contribution in [0, 0.1) is 11.3 Å². The topological polar surface area (TPSA) is 46.2 Å². The Morgan fingerprint density at radius 1 is 1.31 bits per heavy atom. The summed E-state index contributed by atoms with van der Waals surface area (Å²) < 4.78 is 25.9. The first-order valence-electron chi connectivity index (χ1n) is 5.69. The lowest BCUT2D eigenvalue weighted by Crippen LogP contribution is -2.33. The van der Waals surface area contributed by atoms with Gasteiger partial charge in [-0.15, -0.1) is 11.6 Å². The molecular weight excluding hydrogens is 246 g/mol. The molecule has 5 heteroatoms. The van der Waals surface area contributed by atoms with Crippen molar-refractivity contribution in [3.8, 4) is 0 Å². The van der Waals surface area contributed by atoms with Gasteiger partial charge in [0, 0.05) is 12.4 Å². The summed E-state index contributed by atoms with van der Waals surface area (Å²) in [4.78, 5) is 0. The van der Waals surface area contributed by atoms with Crippen LogP contribution in [0.4, 0.5) is 0 Å². The molecule has 0 aromatic carbocycles. The van der Waals surface area contributed by atoms with Crippen LogP contribution in [0.3, 0.4) is 0 Å². The van der Waals surface area contributed by atoms with E-state index in [0.717, 1.165) is 12.8 Å². The Bertz CT molecular complexity index is 283. The molecule has 0 radical (unpaired) electrons. The molecule has 0 spiro atoms. The SMILES string of the molecule is CC(CCl)CCCNS(=O)(=O)CC(C)(C)C. The van der Waals surface area contributed by atoms with Crippen LogP contribution in [-0.2, 0) is 10.0 Å². The second-order valence-corrected chi connectivity index (χ2v) is 7.73. The van der Waals surface area contributed by atoms with Gasteiger partial charge in [-0.25, -0.2) is 13.1 Å². The van der Waals surface area contributed by atoms with E-state index >= 15 is 0 Å². The van der Waals surface area contributed by atoms with Crippen LogP contribution in [0.25, 0.3) is 0 Å². The lowest BCUT2D eigenvalue weighted by Gasteiger charge is -2.18. The van der Waals surface area contributed by atoms with Crippen molar-refractivity contribution in [3.05, 3.63) is 0 Å². The number of hydrogen-bond donors (Lipinski definition) is 1. The molecule has 0 aliphatic rings. The fourth-order valence-electron chi connectivity index (χ4n) is 1.38. The van der Waals surface area contributed by atoms with Crippen LogP contribution in [0.15, 0.2) is 0 Å². The molecule has 16 heavy (non-hydrogen) atoms. The highest BCUT2D eigenvalue weighted by Gasteiger charge is 2.20. The predicted molar refractivity (Wildman–Crippen MR) is 70.4 cm³/mol. The van der Waals surface area contributed by atoms with Crippen LogP contribution in [0.5, 0.6) is 0 Å². The van der Waals surface area contributed by atoms with Crippen LogP contribution < -0.4 is 4.72 Å². The molecule has 0 saturated heterocycles. The van der Waals surface area contributed by atoms with Crippen LogP contribution in [0.1, 0.15) is 40.5 Å². The molecule has 0 rings (SSSR count). The first-order valence-corrected chi connectivity index (χ1v) is 7.88. The maximum absolute atomic E-state index is 11.6. The number of halogens is 1. The Morgan fingerprint density at radius 2 is 1.88 bits per heavy atom. The first kappa shape index (κ1) is 16.2. The van der Waals surface area contributed by atoms with Gasteiger partial charge in [0.05, 0.1) is 5.75 Å². The van der Waals surface area contributed by atoms with Crippen molar-refractivity contribution in [1.29, 1.82) is 0 Å². The molecular formula is C11H24ClNO2S. The quantitative estimate of drug-likeness (QED) is 0.570. The van der Waals surface area contributed by atoms with Crippen LogP contribution in [0.2, 0.25) is 0 Å². The highest BCUT2D eigenvalue weighted by molar-refractivity contribution is 7.89. The summed E-state index contributed by atoms with van der Waals surface area (Å²) in [6, 6.07) is 0. The molecule has 0 amide bonds. The van der Waals surface area contributed by atoms with E-state index in [0.29, 0.717) is 18.3 Å². The number of sulfonamides is 1. The Labute approximate surface area is 105 Å². The molecule has 1 atom stereocenters. The molecule has 0 saturated carbocycles. The van der Waals surface area contributed by atoms with Gasteiger partial charge in [0.25, 0.3) is 0 Å². The van der Waals surface area contributed by atoms with E-state index in [2.05, 4.69) is 11.6 Å². The molecule has 1 unspecified atom stereocenters. The molecule has 98 valence electrons. The Morgan fingerprint density at radius 3 is 2.31 bits per heavy atom. The van der Waals surface area contributed by atoms with E-state index in [-0.39, 0.29) is 11.2 Å². The fourth-order valence-corrected chi connectivity index (χ4v) is 3.23. The largest absolute Gasteiger partial charge is 0.215 e. The van der Waals surface area contributed by atoms with Crippen molar-refractivity contribution in [3.63, 3.8) is 0 Å². The van der Waals surface area contributed by atoms with Gasteiger partial charge >= 0.3 is 0 Å². The highest BCUT2D eigenvalue weighted by Crippen LogP contribution is 2.15. The summed E-state index contributed by atoms with van der Waals surface area (Å²) >= 11 is 5.67. The molecule has 0 bridgehead atoms. The number of rotatable bonds is 7. The molecule has 0 aromatic rings. The highest BCUT2D eigenvalue weighted by atomic mass is 35.5. The van der Waals surface area contributed by atoms with Gasteiger partial charge in [-0.1, -0.05) is 27.7 Å². The van der Waals surface area contributed by atoms with E-state index in [1.807, 2.05) is 20.8 Å². The van der Waals surface area contributed by atoms with E-state index in [1.54, 1.807) is 0 Å². The monoisotopic (exact) mass is 269 g/mol. The minimum absolute atomic E-state index is 0.172. The van der Waals surface area contributed by atoms with E-state index in [4.69, 9.17) is 11.6 Å². The van der Waals surface area contributed by atoms with Gasteiger partial charge in [-0.3, -0.25) is 0 Å². The summed E-state index contributed by atoms with van der Waals surface area (Å²) in [7, 11) is -3.13. The van der Waals surface area contributed by atoms with Crippen LogP contribution >= 0.6 is 11.6 Å². The zero-order valence-corrected chi connectivity index (χ0v) is 12.3. The van der Waals surface area contributed by atoms with Crippen molar-refractivity contribution in [1.82, 2.24) is 4.72 Å². The molecule has 0 heterocycles. The van der Waals surface area contributed by atoms with Crippen molar-refractivity contribution in [2.24, 2.45) is 11.3 Å². The summed E-state index contributed by atoms with van der Waals surface area (Å²) in [5.74, 6) is 1.26. The van der Waals surface area contributed by atoms with Crippen molar-refractivity contribution >= 4 is 21.6 Å². The average Bonchev–Trinajstić information content (AvgIpc) is 2.08. The van der Waals surface area contributed by atoms with E-state index < -0.39 is 10.0 Å². The number of alkyl halides is 1. The lowest BCUT2D eigenvalue weighted by atomic mass is 10.0. The van der Waals surface area contributed by atoms with Gasteiger partial charge in [-0.05, 0) is 24.2 Å². The van der Waals surface area contributed by atoms with E-state index in [1.165, 1.54) is 0 Å². The molecule has 0 aliphatic carbocycles. The molecule has 3 nitrogen and oxygen atoms in total. The summed E-state index contributed by atoms with van der Waals surface area (Å²) in [6.45, 7) is 8.34. The Balaban J connectivity index is 3.84. The predicted octanol–water partition coefficient (Wildman–Crippen LogP) is 2.61. The second kappa shape index (κ2) is 6.82.